The summed E-state index contributed by atoms with van der Waals surface area (Å²) in [4.78, 5) is 2.19. The van der Waals surface area contributed by atoms with Crippen molar-refractivity contribution in [2.75, 3.05) is 18.0 Å². The van der Waals surface area contributed by atoms with Gasteiger partial charge in [0.1, 0.15) is 0 Å². The molecule has 1 aliphatic heterocycles. The van der Waals surface area contributed by atoms with E-state index in [1.165, 1.54) is 25.3 Å². The van der Waals surface area contributed by atoms with Crippen LogP contribution in [0.1, 0.15) is 26.2 Å². The van der Waals surface area contributed by atoms with Gasteiger partial charge in [-0.1, -0.05) is 13.3 Å². The monoisotopic (exact) mass is 209 g/mol. The second-order valence-corrected chi connectivity index (χ2v) is 4.10. The Bertz CT molecular complexity index is 312. The Morgan fingerprint density at radius 1 is 1.47 bits per heavy atom. The van der Waals surface area contributed by atoms with Crippen molar-refractivity contribution in [2.24, 2.45) is 5.92 Å². The van der Waals surface area contributed by atoms with Crippen LogP contribution in [0.3, 0.4) is 0 Å². The molecule has 0 bridgehead atoms. The molecule has 1 aliphatic rings. The van der Waals surface area contributed by atoms with Crippen LogP contribution in [-0.2, 0) is 0 Å². The lowest BCUT2D eigenvalue weighted by molar-refractivity contribution is 0.528. The van der Waals surface area contributed by atoms with Gasteiger partial charge in [0.15, 0.2) is 5.82 Å². The third-order valence-corrected chi connectivity index (χ3v) is 2.92. The zero-order valence-corrected chi connectivity index (χ0v) is 8.99. The molecule has 1 fully saturated rings. The van der Waals surface area contributed by atoms with E-state index in [4.69, 9.17) is 0 Å². The van der Waals surface area contributed by atoms with Gasteiger partial charge in [0, 0.05) is 13.1 Å². The molecule has 0 aromatic carbocycles. The summed E-state index contributed by atoms with van der Waals surface area (Å²) in [6, 6.07) is 3.08. The van der Waals surface area contributed by atoms with Gasteiger partial charge in [0.25, 0.3) is 0 Å². The summed E-state index contributed by atoms with van der Waals surface area (Å²) in [5.74, 6) is 1.06. The quantitative estimate of drug-likeness (QED) is 0.764. The summed E-state index contributed by atoms with van der Waals surface area (Å²) >= 11 is 0. The molecule has 82 valence electrons. The SMILES string of the molecule is CCCC1CCN(c2ccc(F)nn2)C1. The van der Waals surface area contributed by atoms with Crippen molar-refractivity contribution in [2.45, 2.75) is 26.2 Å². The fourth-order valence-electron chi connectivity index (χ4n) is 2.16. The maximum absolute atomic E-state index is 12.6. The Hall–Kier alpha value is -1.19. The predicted molar refractivity (Wildman–Crippen MR) is 57.2 cm³/mol. The first-order valence-electron chi connectivity index (χ1n) is 5.53. The minimum Gasteiger partial charge on any atom is -0.355 e. The number of aromatic nitrogens is 2. The smallest absolute Gasteiger partial charge is 0.233 e. The van der Waals surface area contributed by atoms with E-state index in [1.54, 1.807) is 6.07 Å². The molecule has 2 heterocycles. The van der Waals surface area contributed by atoms with Crippen LogP contribution < -0.4 is 4.90 Å². The van der Waals surface area contributed by atoms with Crippen molar-refractivity contribution < 1.29 is 4.39 Å². The number of hydrogen-bond acceptors (Lipinski definition) is 3. The Kier molecular flexibility index (Phi) is 3.14. The number of hydrogen-bond donors (Lipinski definition) is 0. The van der Waals surface area contributed by atoms with E-state index in [1.807, 2.05) is 0 Å². The Balaban J connectivity index is 1.98. The summed E-state index contributed by atoms with van der Waals surface area (Å²) in [6.45, 7) is 4.26. The highest BCUT2D eigenvalue weighted by Crippen LogP contribution is 2.24. The first-order valence-corrected chi connectivity index (χ1v) is 5.53. The first-order chi connectivity index (χ1) is 7.29. The van der Waals surface area contributed by atoms with E-state index < -0.39 is 5.95 Å². The molecule has 1 aromatic heterocycles. The van der Waals surface area contributed by atoms with Crippen LogP contribution in [0.4, 0.5) is 10.2 Å². The van der Waals surface area contributed by atoms with Crippen LogP contribution in [-0.4, -0.2) is 23.3 Å². The maximum Gasteiger partial charge on any atom is 0.233 e. The molecule has 0 radical (unpaired) electrons. The lowest BCUT2D eigenvalue weighted by Gasteiger charge is -2.16. The third kappa shape index (κ3) is 2.43. The minimum absolute atomic E-state index is 0.511. The standard InChI is InChI=1S/C11H16FN3/c1-2-3-9-6-7-15(8-9)11-5-4-10(12)13-14-11/h4-5,9H,2-3,6-8H2,1H3. The molecule has 2 rings (SSSR count). The Morgan fingerprint density at radius 3 is 3.00 bits per heavy atom. The predicted octanol–water partition coefficient (Wildman–Crippen LogP) is 2.24. The molecule has 0 aliphatic carbocycles. The van der Waals surface area contributed by atoms with E-state index in [-0.39, 0.29) is 0 Å². The van der Waals surface area contributed by atoms with Gasteiger partial charge in [-0.25, -0.2) is 0 Å². The zero-order chi connectivity index (χ0) is 10.7. The number of rotatable bonds is 3. The van der Waals surface area contributed by atoms with Crippen LogP contribution in [0.15, 0.2) is 12.1 Å². The normalized spacial score (nSPS) is 20.9. The number of nitrogens with zero attached hydrogens (tertiary/aromatic N) is 3. The van der Waals surface area contributed by atoms with Crippen LogP contribution >= 0.6 is 0 Å². The molecule has 1 unspecified atom stereocenters. The lowest BCUT2D eigenvalue weighted by atomic mass is 10.0. The molecule has 1 atom stereocenters. The number of halogens is 1. The van der Waals surface area contributed by atoms with Crippen molar-refractivity contribution in [3.05, 3.63) is 18.1 Å². The molecule has 0 amide bonds. The fourth-order valence-corrected chi connectivity index (χ4v) is 2.16. The van der Waals surface area contributed by atoms with Crippen LogP contribution in [0.25, 0.3) is 0 Å². The number of anilines is 1. The van der Waals surface area contributed by atoms with E-state index >= 15 is 0 Å². The van der Waals surface area contributed by atoms with Crippen LogP contribution in [0, 0.1) is 11.9 Å². The second kappa shape index (κ2) is 4.55. The van der Waals surface area contributed by atoms with Crippen molar-refractivity contribution >= 4 is 5.82 Å². The van der Waals surface area contributed by atoms with Crippen LogP contribution in [0.5, 0.6) is 0 Å². The highest BCUT2D eigenvalue weighted by molar-refractivity contribution is 5.37. The van der Waals surface area contributed by atoms with E-state index in [2.05, 4.69) is 22.0 Å². The van der Waals surface area contributed by atoms with Crippen LogP contribution in [0.2, 0.25) is 0 Å². The highest BCUT2D eigenvalue weighted by atomic mass is 19.1. The van der Waals surface area contributed by atoms with Gasteiger partial charge in [-0.2, -0.15) is 4.39 Å². The fraction of sp³-hybridized carbons (Fsp3) is 0.636. The first kappa shape index (κ1) is 10.3. The summed E-state index contributed by atoms with van der Waals surface area (Å²) < 4.78 is 12.6. The van der Waals surface area contributed by atoms with Crippen molar-refractivity contribution in [1.29, 1.82) is 0 Å². The van der Waals surface area contributed by atoms with Gasteiger partial charge in [-0.3, -0.25) is 0 Å². The van der Waals surface area contributed by atoms with Gasteiger partial charge in [-0.05, 0) is 30.9 Å². The van der Waals surface area contributed by atoms with Crippen molar-refractivity contribution in [1.82, 2.24) is 10.2 Å². The Morgan fingerprint density at radius 2 is 2.33 bits per heavy atom. The average Bonchev–Trinajstić information content (AvgIpc) is 2.68. The molecule has 0 saturated carbocycles. The molecule has 0 N–H and O–H groups in total. The molecule has 15 heavy (non-hydrogen) atoms. The topological polar surface area (TPSA) is 29.0 Å². The van der Waals surface area contributed by atoms with E-state index in [0.717, 1.165) is 24.8 Å². The molecule has 1 aromatic rings. The average molecular weight is 209 g/mol. The molecule has 1 saturated heterocycles. The maximum atomic E-state index is 12.6. The summed E-state index contributed by atoms with van der Waals surface area (Å²) in [6.07, 6.45) is 3.71. The molecule has 3 nitrogen and oxygen atoms in total. The molecular formula is C11H16FN3. The lowest BCUT2D eigenvalue weighted by Crippen LogP contribution is -2.21. The van der Waals surface area contributed by atoms with Gasteiger partial charge < -0.3 is 4.90 Å². The molecule has 0 spiro atoms. The summed E-state index contributed by atoms with van der Waals surface area (Å²) in [7, 11) is 0. The largest absolute Gasteiger partial charge is 0.355 e. The van der Waals surface area contributed by atoms with E-state index in [0.29, 0.717) is 0 Å². The van der Waals surface area contributed by atoms with Gasteiger partial charge in [0.05, 0.1) is 0 Å². The van der Waals surface area contributed by atoms with Gasteiger partial charge in [-0.15, -0.1) is 10.2 Å². The highest BCUT2D eigenvalue weighted by Gasteiger charge is 2.22. The zero-order valence-electron chi connectivity index (χ0n) is 8.99. The van der Waals surface area contributed by atoms with E-state index in [9.17, 15) is 4.39 Å². The van der Waals surface area contributed by atoms with Crippen molar-refractivity contribution in [3.8, 4) is 0 Å². The summed E-state index contributed by atoms with van der Waals surface area (Å²) in [5.41, 5.74) is 0. The summed E-state index contributed by atoms with van der Waals surface area (Å²) in [5, 5.41) is 7.29. The molecular weight excluding hydrogens is 193 g/mol. The molecule has 4 heteroatoms. The third-order valence-electron chi connectivity index (χ3n) is 2.92. The van der Waals surface area contributed by atoms with Crippen molar-refractivity contribution in [3.63, 3.8) is 0 Å². The second-order valence-electron chi connectivity index (χ2n) is 4.10. The van der Waals surface area contributed by atoms with Gasteiger partial charge in [0.2, 0.25) is 5.95 Å². The minimum atomic E-state index is -0.511. The Labute approximate surface area is 89.3 Å². The van der Waals surface area contributed by atoms with Gasteiger partial charge >= 0.3 is 0 Å².